The fourth-order valence-corrected chi connectivity index (χ4v) is 3.96. The fraction of sp³-hybridized carbons (Fsp3) is 0.316. The van der Waals surface area contributed by atoms with Gasteiger partial charge in [0.1, 0.15) is 17.5 Å². The lowest BCUT2D eigenvalue weighted by Gasteiger charge is -2.30. The highest BCUT2D eigenvalue weighted by atomic mass is 32.2. The van der Waals surface area contributed by atoms with E-state index in [4.69, 9.17) is 9.47 Å². The molecule has 146 valence electrons. The molecule has 0 saturated carbocycles. The van der Waals surface area contributed by atoms with Gasteiger partial charge in [-0.25, -0.2) is 8.42 Å². The molecule has 2 aromatic rings. The monoisotopic (exact) mass is 392 g/mol. The number of rotatable bonds is 8. The highest BCUT2D eigenvalue weighted by Gasteiger charge is 2.31. The summed E-state index contributed by atoms with van der Waals surface area (Å²) >= 11 is 0. The van der Waals surface area contributed by atoms with Crippen molar-refractivity contribution in [3.8, 4) is 11.5 Å². The Labute approximate surface area is 160 Å². The van der Waals surface area contributed by atoms with Gasteiger partial charge in [0, 0.05) is 6.07 Å². The zero-order chi connectivity index (χ0) is 20.0. The normalized spacial score (nSPS) is 12.1. The number of methoxy groups -OCH3 is 2. The van der Waals surface area contributed by atoms with Crippen LogP contribution in [0, 0.1) is 0 Å². The Kier molecular flexibility index (Phi) is 6.68. The largest absolute Gasteiger partial charge is 0.497 e. The predicted molar refractivity (Wildman–Crippen MR) is 106 cm³/mol. The summed E-state index contributed by atoms with van der Waals surface area (Å²) in [5, 5.41) is 2.76. The second-order valence-electron chi connectivity index (χ2n) is 5.87. The Balaban J connectivity index is 2.37. The molecular weight excluding hydrogens is 368 g/mol. The number of sulfonamides is 1. The number of anilines is 2. The van der Waals surface area contributed by atoms with Crippen LogP contribution in [0.2, 0.25) is 0 Å². The fourth-order valence-electron chi connectivity index (χ4n) is 2.75. The molecule has 0 aliphatic rings. The van der Waals surface area contributed by atoms with Crippen molar-refractivity contribution in [3.05, 3.63) is 48.5 Å². The summed E-state index contributed by atoms with van der Waals surface area (Å²) in [6.45, 7) is 1.76. The molecule has 0 fully saturated rings. The Morgan fingerprint density at radius 2 is 1.78 bits per heavy atom. The molecule has 1 unspecified atom stereocenters. The van der Waals surface area contributed by atoms with Crippen LogP contribution in [0.3, 0.4) is 0 Å². The van der Waals surface area contributed by atoms with Crippen LogP contribution in [-0.2, 0) is 14.8 Å². The van der Waals surface area contributed by atoms with Crippen molar-refractivity contribution >= 4 is 27.3 Å². The molecule has 1 atom stereocenters. The van der Waals surface area contributed by atoms with E-state index in [9.17, 15) is 13.2 Å². The number of carbonyl (C=O) groups is 1. The summed E-state index contributed by atoms with van der Waals surface area (Å²) in [6, 6.07) is 12.6. The molecule has 1 amide bonds. The lowest BCUT2D eigenvalue weighted by atomic mass is 10.1. The molecule has 0 radical (unpaired) electrons. The second-order valence-corrected chi connectivity index (χ2v) is 7.73. The summed E-state index contributed by atoms with van der Waals surface area (Å²) in [7, 11) is -0.659. The number of hydrogen-bond acceptors (Lipinski definition) is 5. The van der Waals surface area contributed by atoms with E-state index in [1.165, 1.54) is 14.2 Å². The zero-order valence-electron chi connectivity index (χ0n) is 15.8. The number of ether oxygens (including phenoxy) is 2. The lowest BCUT2D eigenvalue weighted by molar-refractivity contribution is -0.117. The van der Waals surface area contributed by atoms with Crippen molar-refractivity contribution in [2.45, 2.75) is 19.4 Å². The Morgan fingerprint density at radius 1 is 1.11 bits per heavy atom. The number of nitrogens with zero attached hydrogens (tertiary/aromatic N) is 1. The van der Waals surface area contributed by atoms with Crippen LogP contribution in [0.25, 0.3) is 0 Å². The van der Waals surface area contributed by atoms with Crippen LogP contribution in [0.1, 0.15) is 13.3 Å². The van der Waals surface area contributed by atoms with Crippen molar-refractivity contribution in [3.63, 3.8) is 0 Å². The maximum absolute atomic E-state index is 12.9. The van der Waals surface area contributed by atoms with Gasteiger partial charge in [-0.1, -0.05) is 25.1 Å². The molecule has 0 spiro atoms. The molecule has 0 aliphatic heterocycles. The molecular formula is C19H24N2O5S. The molecule has 7 nitrogen and oxygen atoms in total. The molecule has 1 N–H and O–H groups in total. The third kappa shape index (κ3) is 4.91. The summed E-state index contributed by atoms with van der Waals surface area (Å²) in [4.78, 5) is 12.9. The van der Waals surface area contributed by atoms with E-state index in [0.717, 1.165) is 10.6 Å². The molecule has 2 aromatic carbocycles. The van der Waals surface area contributed by atoms with Gasteiger partial charge in [-0.05, 0) is 30.7 Å². The topological polar surface area (TPSA) is 84.9 Å². The zero-order valence-corrected chi connectivity index (χ0v) is 16.6. The molecule has 0 aromatic heterocycles. The number of para-hydroxylation sites is 1. The van der Waals surface area contributed by atoms with Gasteiger partial charge in [0.25, 0.3) is 0 Å². The minimum Gasteiger partial charge on any atom is -0.497 e. The van der Waals surface area contributed by atoms with Crippen LogP contribution in [-0.4, -0.2) is 40.8 Å². The number of hydrogen-bond donors (Lipinski definition) is 1. The average molecular weight is 392 g/mol. The first-order chi connectivity index (χ1) is 12.8. The Hall–Kier alpha value is -2.74. The van der Waals surface area contributed by atoms with Crippen molar-refractivity contribution in [1.82, 2.24) is 0 Å². The van der Waals surface area contributed by atoms with E-state index in [2.05, 4.69) is 5.32 Å². The van der Waals surface area contributed by atoms with Gasteiger partial charge in [-0.15, -0.1) is 0 Å². The lowest BCUT2D eigenvalue weighted by Crippen LogP contribution is -2.47. The van der Waals surface area contributed by atoms with Gasteiger partial charge in [-0.2, -0.15) is 0 Å². The Morgan fingerprint density at radius 3 is 2.30 bits per heavy atom. The van der Waals surface area contributed by atoms with Crippen molar-refractivity contribution in [2.24, 2.45) is 0 Å². The number of benzene rings is 2. The van der Waals surface area contributed by atoms with Gasteiger partial charge in [0.15, 0.2) is 0 Å². The van der Waals surface area contributed by atoms with Crippen LogP contribution in [0.5, 0.6) is 11.5 Å². The standard InChI is InChI=1S/C19H24N2O5S/c1-5-17(21(27(4,23)24)14-9-7-6-8-10-14)19(22)20-16-12-11-15(25-2)13-18(16)26-3/h6-13,17H,5H2,1-4H3,(H,20,22). The number of nitrogens with one attached hydrogen (secondary N) is 1. The third-order valence-electron chi connectivity index (χ3n) is 4.01. The van der Waals surface area contributed by atoms with Crippen LogP contribution >= 0.6 is 0 Å². The minimum atomic E-state index is -3.67. The SMILES string of the molecule is CCC(C(=O)Nc1ccc(OC)cc1OC)N(c1ccccc1)S(C)(=O)=O. The van der Waals surface area contributed by atoms with Crippen LogP contribution in [0.4, 0.5) is 11.4 Å². The van der Waals surface area contributed by atoms with E-state index >= 15 is 0 Å². The summed E-state index contributed by atoms with van der Waals surface area (Å²) < 4.78 is 36.4. The van der Waals surface area contributed by atoms with E-state index < -0.39 is 22.0 Å². The van der Waals surface area contributed by atoms with Crippen molar-refractivity contribution < 1.29 is 22.7 Å². The molecule has 0 aliphatic carbocycles. The Bertz CT molecular complexity index is 884. The smallest absolute Gasteiger partial charge is 0.248 e. The first-order valence-corrected chi connectivity index (χ1v) is 10.2. The van der Waals surface area contributed by atoms with Gasteiger partial charge in [0.2, 0.25) is 15.9 Å². The first-order valence-electron chi connectivity index (χ1n) is 8.39. The second kappa shape index (κ2) is 8.77. The summed E-state index contributed by atoms with van der Waals surface area (Å²) in [5.41, 5.74) is 0.868. The molecule has 8 heteroatoms. The van der Waals surface area contributed by atoms with Crippen LogP contribution < -0.4 is 19.1 Å². The number of carbonyl (C=O) groups excluding carboxylic acids is 1. The average Bonchev–Trinajstić information content (AvgIpc) is 2.65. The van der Waals surface area contributed by atoms with E-state index in [0.29, 0.717) is 29.3 Å². The van der Waals surface area contributed by atoms with Gasteiger partial charge < -0.3 is 14.8 Å². The van der Waals surface area contributed by atoms with E-state index in [1.54, 1.807) is 55.5 Å². The molecule has 0 heterocycles. The van der Waals surface area contributed by atoms with Gasteiger partial charge in [-0.3, -0.25) is 9.10 Å². The molecule has 0 saturated heterocycles. The highest BCUT2D eigenvalue weighted by Crippen LogP contribution is 2.30. The summed E-state index contributed by atoms with van der Waals surface area (Å²) in [6.07, 6.45) is 1.39. The number of amides is 1. The molecule has 2 rings (SSSR count). The van der Waals surface area contributed by atoms with E-state index in [-0.39, 0.29) is 0 Å². The van der Waals surface area contributed by atoms with Crippen LogP contribution in [0.15, 0.2) is 48.5 Å². The maximum atomic E-state index is 12.9. The van der Waals surface area contributed by atoms with E-state index in [1.807, 2.05) is 0 Å². The maximum Gasteiger partial charge on any atom is 0.248 e. The first kappa shape index (κ1) is 20.6. The van der Waals surface area contributed by atoms with Gasteiger partial charge >= 0.3 is 0 Å². The minimum absolute atomic E-state index is 0.298. The molecule has 0 bridgehead atoms. The quantitative estimate of drug-likeness (QED) is 0.747. The highest BCUT2D eigenvalue weighted by molar-refractivity contribution is 7.92. The third-order valence-corrected chi connectivity index (χ3v) is 5.19. The van der Waals surface area contributed by atoms with Gasteiger partial charge in [0.05, 0.1) is 31.9 Å². The summed E-state index contributed by atoms with van der Waals surface area (Å²) in [5.74, 6) is 0.553. The van der Waals surface area contributed by atoms with Crippen molar-refractivity contribution in [2.75, 3.05) is 30.1 Å². The molecule has 27 heavy (non-hydrogen) atoms. The van der Waals surface area contributed by atoms with Crippen molar-refractivity contribution in [1.29, 1.82) is 0 Å². The predicted octanol–water partition coefficient (Wildman–Crippen LogP) is 2.89.